The number of allylic oxidation sites excluding steroid dienone is 1. The number of rotatable bonds is 7. The Morgan fingerprint density at radius 3 is 2.60 bits per heavy atom. The van der Waals surface area contributed by atoms with Crippen molar-refractivity contribution in [2.24, 2.45) is 0 Å². The smallest absolute Gasteiger partial charge is 0.129 e. The van der Waals surface area contributed by atoms with Gasteiger partial charge >= 0.3 is 0 Å². The summed E-state index contributed by atoms with van der Waals surface area (Å²) in [6.45, 7) is 7.12. The highest BCUT2D eigenvalue weighted by Gasteiger charge is 2.07. The summed E-state index contributed by atoms with van der Waals surface area (Å²) in [4.78, 5) is 4.42. The van der Waals surface area contributed by atoms with E-state index in [4.69, 9.17) is 4.74 Å². The van der Waals surface area contributed by atoms with Gasteiger partial charge in [-0.05, 0) is 42.3 Å². The summed E-state index contributed by atoms with van der Waals surface area (Å²) in [5, 5.41) is 3.25. The lowest BCUT2D eigenvalue weighted by Crippen LogP contribution is -2.09. The van der Waals surface area contributed by atoms with Gasteiger partial charge in [0.05, 0.1) is 5.69 Å². The molecule has 1 aromatic heterocycles. The zero-order valence-corrected chi connectivity index (χ0v) is 14.4. The van der Waals surface area contributed by atoms with E-state index in [0.717, 1.165) is 34.8 Å². The molecule has 0 radical (unpaired) electrons. The van der Waals surface area contributed by atoms with Crippen LogP contribution in [0.25, 0.3) is 11.3 Å². The first-order chi connectivity index (χ1) is 12.2. The van der Waals surface area contributed by atoms with Crippen LogP contribution in [0.3, 0.4) is 0 Å². The second kappa shape index (κ2) is 8.15. The lowest BCUT2D eigenvalue weighted by molar-refractivity contribution is 0.307. The second-order valence-corrected chi connectivity index (χ2v) is 5.95. The molecule has 0 aliphatic rings. The molecule has 0 amide bonds. The Morgan fingerprint density at radius 2 is 1.80 bits per heavy atom. The summed E-state index contributed by atoms with van der Waals surface area (Å²) in [6, 6.07) is 22.3. The molecule has 0 bridgehead atoms. The number of hydrogen-bond donors (Lipinski definition) is 1. The minimum atomic E-state index is 0.519. The van der Waals surface area contributed by atoms with Crippen LogP contribution in [0.4, 0.5) is 0 Å². The molecule has 25 heavy (non-hydrogen) atoms. The maximum absolute atomic E-state index is 6.08. The average molecular weight is 330 g/mol. The third-order valence-corrected chi connectivity index (χ3v) is 3.81. The summed E-state index contributed by atoms with van der Waals surface area (Å²) < 4.78 is 6.08. The van der Waals surface area contributed by atoms with Crippen molar-refractivity contribution in [2.75, 3.05) is 0 Å². The molecule has 3 aromatic rings. The zero-order chi connectivity index (χ0) is 17.5. The maximum Gasteiger partial charge on any atom is 0.129 e. The molecular formula is C22H22N2O. The molecule has 1 heterocycles. The quantitative estimate of drug-likeness (QED) is 0.665. The van der Waals surface area contributed by atoms with Gasteiger partial charge in [-0.1, -0.05) is 49.0 Å². The highest BCUT2D eigenvalue weighted by Crippen LogP contribution is 2.28. The van der Waals surface area contributed by atoms with Crippen LogP contribution in [0.5, 0.6) is 5.75 Å². The lowest BCUT2D eigenvalue weighted by Gasteiger charge is -2.12. The van der Waals surface area contributed by atoms with Gasteiger partial charge in [0.25, 0.3) is 0 Å². The van der Waals surface area contributed by atoms with Crippen LogP contribution >= 0.6 is 0 Å². The highest BCUT2D eigenvalue weighted by atomic mass is 16.5. The molecule has 3 nitrogen and oxygen atoms in total. The number of aromatic nitrogens is 1. The van der Waals surface area contributed by atoms with E-state index in [1.54, 1.807) is 6.20 Å². The number of nitrogens with zero attached hydrogens (tertiary/aromatic N) is 1. The van der Waals surface area contributed by atoms with Crippen molar-refractivity contribution in [3.05, 3.63) is 96.3 Å². The van der Waals surface area contributed by atoms with Gasteiger partial charge in [0, 0.05) is 24.0 Å². The lowest BCUT2D eigenvalue weighted by atomic mass is 10.1. The number of nitrogens with one attached hydrogen (secondary N) is 1. The summed E-state index contributed by atoms with van der Waals surface area (Å²) in [6.07, 6.45) is 1.80. The van der Waals surface area contributed by atoms with Crippen molar-refractivity contribution in [1.82, 2.24) is 10.3 Å². The van der Waals surface area contributed by atoms with Crippen LogP contribution in [-0.4, -0.2) is 4.98 Å². The average Bonchev–Trinajstić information content (AvgIpc) is 2.66. The Labute approximate surface area is 149 Å². The standard InChI is InChI=1S/C22H22N2O/c1-17(2)24-15-18-8-7-9-19(14-18)16-25-22-12-4-3-10-20(22)21-11-5-6-13-23-21/h3-14,24H,1,15-16H2,2H3. The third-order valence-electron chi connectivity index (χ3n) is 3.81. The molecule has 0 saturated carbocycles. The van der Waals surface area contributed by atoms with E-state index < -0.39 is 0 Å². The normalized spacial score (nSPS) is 10.3. The minimum Gasteiger partial charge on any atom is -0.488 e. The summed E-state index contributed by atoms with van der Waals surface area (Å²) in [7, 11) is 0. The van der Waals surface area contributed by atoms with E-state index in [9.17, 15) is 0 Å². The number of pyridine rings is 1. The first-order valence-electron chi connectivity index (χ1n) is 8.33. The molecule has 3 rings (SSSR count). The van der Waals surface area contributed by atoms with Crippen LogP contribution in [0.15, 0.2) is 85.2 Å². The van der Waals surface area contributed by atoms with E-state index in [2.05, 4.69) is 41.1 Å². The Hall–Kier alpha value is -3.07. The van der Waals surface area contributed by atoms with Gasteiger partial charge in [0.15, 0.2) is 0 Å². The van der Waals surface area contributed by atoms with Crippen molar-refractivity contribution in [2.45, 2.75) is 20.1 Å². The molecule has 0 saturated heterocycles. The van der Waals surface area contributed by atoms with Gasteiger partial charge in [0.2, 0.25) is 0 Å². The number of para-hydroxylation sites is 1. The van der Waals surface area contributed by atoms with Crippen molar-refractivity contribution in [1.29, 1.82) is 0 Å². The molecule has 0 spiro atoms. The molecule has 0 aliphatic carbocycles. The van der Waals surface area contributed by atoms with Crippen molar-refractivity contribution in [3.63, 3.8) is 0 Å². The maximum atomic E-state index is 6.08. The fourth-order valence-electron chi connectivity index (χ4n) is 2.57. The van der Waals surface area contributed by atoms with Crippen LogP contribution in [0.2, 0.25) is 0 Å². The Morgan fingerprint density at radius 1 is 1.00 bits per heavy atom. The van der Waals surface area contributed by atoms with E-state index in [-0.39, 0.29) is 0 Å². The van der Waals surface area contributed by atoms with Crippen LogP contribution in [0.1, 0.15) is 18.1 Å². The van der Waals surface area contributed by atoms with Crippen LogP contribution < -0.4 is 10.1 Å². The predicted octanol–water partition coefficient (Wildman–Crippen LogP) is 4.95. The van der Waals surface area contributed by atoms with E-state index in [1.165, 1.54) is 5.56 Å². The molecule has 0 unspecified atom stereocenters. The SMILES string of the molecule is C=C(C)NCc1cccc(COc2ccccc2-c2ccccn2)c1. The summed E-state index contributed by atoms with van der Waals surface area (Å²) in [5.41, 5.74) is 5.23. The zero-order valence-electron chi connectivity index (χ0n) is 14.4. The van der Waals surface area contributed by atoms with Crippen molar-refractivity contribution < 1.29 is 4.74 Å². The van der Waals surface area contributed by atoms with Gasteiger partial charge in [-0.2, -0.15) is 0 Å². The monoisotopic (exact) mass is 330 g/mol. The molecule has 126 valence electrons. The van der Waals surface area contributed by atoms with Crippen molar-refractivity contribution >= 4 is 0 Å². The molecule has 0 aliphatic heterocycles. The van der Waals surface area contributed by atoms with Crippen LogP contribution in [0, 0.1) is 0 Å². The Kier molecular flexibility index (Phi) is 5.47. The molecule has 2 aromatic carbocycles. The highest BCUT2D eigenvalue weighted by molar-refractivity contribution is 5.66. The van der Waals surface area contributed by atoms with E-state index in [0.29, 0.717) is 6.61 Å². The van der Waals surface area contributed by atoms with Gasteiger partial charge in [-0.15, -0.1) is 0 Å². The Balaban J connectivity index is 1.72. The summed E-state index contributed by atoms with van der Waals surface area (Å²) >= 11 is 0. The third kappa shape index (κ3) is 4.70. The minimum absolute atomic E-state index is 0.519. The predicted molar refractivity (Wildman–Crippen MR) is 102 cm³/mol. The van der Waals surface area contributed by atoms with E-state index >= 15 is 0 Å². The Bertz CT molecular complexity index is 843. The molecule has 1 N–H and O–H groups in total. The fraction of sp³-hybridized carbons (Fsp3) is 0.136. The molecule has 0 atom stereocenters. The van der Waals surface area contributed by atoms with Gasteiger partial charge in [0.1, 0.15) is 12.4 Å². The first kappa shape index (κ1) is 16.8. The molecule has 3 heteroatoms. The van der Waals surface area contributed by atoms with Crippen molar-refractivity contribution in [3.8, 4) is 17.0 Å². The van der Waals surface area contributed by atoms with Gasteiger partial charge < -0.3 is 10.1 Å². The molecule has 0 fully saturated rings. The van der Waals surface area contributed by atoms with E-state index in [1.807, 2.05) is 49.4 Å². The number of benzene rings is 2. The molecular weight excluding hydrogens is 308 g/mol. The number of hydrogen-bond acceptors (Lipinski definition) is 3. The topological polar surface area (TPSA) is 34.1 Å². The summed E-state index contributed by atoms with van der Waals surface area (Å²) in [5.74, 6) is 0.840. The first-order valence-corrected chi connectivity index (χ1v) is 8.33. The largest absolute Gasteiger partial charge is 0.488 e. The number of ether oxygens (including phenoxy) is 1. The van der Waals surface area contributed by atoms with Gasteiger partial charge in [-0.25, -0.2) is 0 Å². The second-order valence-electron chi connectivity index (χ2n) is 5.95. The van der Waals surface area contributed by atoms with Crippen LogP contribution in [-0.2, 0) is 13.2 Å². The fourth-order valence-corrected chi connectivity index (χ4v) is 2.57. The van der Waals surface area contributed by atoms with Gasteiger partial charge in [-0.3, -0.25) is 4.98 Å².